The number of aliphatic carboxylic acids is 1. The van der Waals surface area contributed by atoms with Crippen LogP contribution in [0.25, 0.3) is 0 Å². The molecular formula is C29H27Cl2NaO7. The Kier molecular flexibility index (Phi) is 12.0. The SMILES string of the molecule is COCCOc1cc(Cl)ccc1CCCC(=O)c1ccc(Oc2cc3c(cc2Cl)C(C(=O)[O-])CCO3)cc1.[Na+]. The van der Waals surface area contributed by atoms with E-state index in [1.807, 2.05) is 12.1 Å². The van der Waals surface area contributed by atoms with E-state index in [4.69, 9.17) is 42.1 Å². The molecule has 10 heteroatoms. The molecule has 3 aromatic carbocycles. The van der Waals surface area contributed by atoms with Crippen molar-refractivity contribution >= 4 is 35.0 Å². The topological polar surface area (TPSA) is 94.1 Å². The van der Waals surface area contributed by atoms with Gasteiger partial charge >= 0.3 is 29.6 Å². The summed E-state index contributed by atoms with van der Waals surface area (Å²) in [4.78, 5) is 24.2. The Hall–Kier alpha value is -2.26. The fourth-order valence-corrected chi connectivity index (χ4v) is 4.61. The quantitative estimate of drug-likeness (QED) is 0.185. The Morgan fingerprint density at radius 1 is 1.03 bits per heavy atom. The van der Waals surface area contributed by atoms with Crippen molar-refractivity contribution in [2.75, 3.05) is 26.9 Å². The first kappa shape index (κ1) is 31.3. The Balaban J connectivity index is 0.00000420. The predicted octanol–water partition coefficient (Wildman–Crippen LogP) is 2.64. The van der Waals surface area contributed by atoms with Crippen LogP contribution in [0.5, 0.6) is 23.0 Å². The zero-order chi connectivity index (χ0) is 27.1. The third-order valence-electron chi connectivity index (χ3n) is 6.22. The number of ether oxygens (including phenoxy) is 4. The molecule has 7 nitrogen and oxygen atoms in total. The van der Waals surface area contributed by atoms with Gasteiger partial charge < -0.3 is 28.8 Å². The molecule has 0 saturated heterocycles. The second kappa shape index (κ2) is 14.9. The number of Topliss-reactive ketones (excluding diaryl/α,β-unsaturated/α-hetero) is 1. The maximum absolute atomic E-state index is 12.8. The summed E-state index contributed by atoms with van der Waals surface area (Å²) in [6.45, 7) is 1.16. The number of halogens is 2. The summed E-state index contributed by atoms with van der Waals surface area (Å²) in [5.41, 5.74) is 2.03. The van der Waals surface area contributed by atoms with Crippen LogP contribution in [0.15, 0.2) is 54.6 Å². The number of ketones is 1. The summed E-state index contributed by atoms with van der Waals surface area (Å²) in [7, 11) is 1.61. The molecule has 1 unspecified atom stereocenters. The van der Waals surface area contributed by atoms with Gasteiger partial charge in [-0.1, -0.05) is 29.3 Å². The first-order valence-electron chi connectivity index (χ1n) is 12.2. The van der Waals surface area contributed by atoms with Crippen molar-refractivity contribution in [3.8, 4) is 23.0 Å². The molecule has 0 aromatic heterocycles. The van der Waals surface area contributed by atoms with Crippen LogP contribution in [0.4, 0.5) is 0 Å². The molecule has 200 valence electrons. The predicted molar refractivity (Wildman–Crippen MR) is 142 cm³/mol. The molecule has 39 heavy (non-hydrogen) atoms. The summed E-state index contributed by atoms with van der Waals surface area (Å²) in [6.07, 6.45) is 2.01. The maximum Gasteiger partial charge on any atom is 1.00 e. The molecule has 1 heterocycles. The van der Waals surface area contributed by atoms with Crippen LogP contribution in [-0.4, -0.2) is 38.7 Å². The van der Waals surface area contributed by atoms with Gasteiger partial charge in [0.1, 0.15) is 29.6 Å². The van der Waals surface area contributed by atoms with E-state index in [1.54, 1.807) is 49.6 Å². The van der Waals surface area contributed by atoms with Gasteiger partial charge in [0.2, 0.25) is 0 Å². The average molecular weight is 581 g/mol. The van der Waals surface area contributed by atoms with Crippen LogP contribution in [0.2, 0.25) is 10.0 Å². The Morgan fingerprint density at radius 2 is 1.79 bits per heavy atom. The molecular weight excluding hydrogens is 554 g/mol. The average Bonchev–Trinajstić information content (AvgIpc) is 2.90. The minimum absolute atomic E-state index is 0. The number of methoxy groups -OCH3 is 1. The Bertz CT molecular complexity index is 1300. The van der Waals surface area contributed by atoms with E-state index < -0.39 is 11.9 Å². The van der Waals surface area contributed by atoms with Crippen LogP contribution < -0.4 is 48.9 Å². The third kappa shape index (κ3) is 8.37. The van der Waals surface area contributed by atoms with Crippen LogP contribution in [0.1, 0.15) is 46.7 Å². The van der Waals surface area contributed by atoms with Crippen LogP contribution in [0, 0.1) is 0 Å². The molecule has 3 aromatic rings. The number of carboxylic acid groups (broad SMARTS) is 1. The van der Waals surface area contributed by atoms with Gasteiger partial charge in [-0.15, -0.1) is 0 Å². The number of hydrogen-bond donors (Lipinski definition) is 0. The van der Waals surface area contributed by atoms with E-state index in [0.29, 0.717) is 78.0 Å². The molecule has 0 spiro atoms. The second-order valence-electron chi connectivity index (χ2n) is 8.83. The first-order valence-corrected chi connectivity index (χ1v) is 13.0. The summed E-state index contributed by atoms with van der Waals surface area (Å²) in [5.74, 6) is -0.00588. The van der Waals surface area contributed by atoms with E-state index in [1.165, 1.54) is 0 Å². The van der Waals surface area contributed by atoms with Crippen molar-refractivity contribution in [3.05, 3.63) is 81.3 Å². The molecule has 0 fully saturated rings. The minimum Gasteiger partial charge on any atom is -0.549 e. The number of carbonyl (C=O) groups is 2. The van der Waals surface area contributed by atoms with E-state index in [9.17, 15) is 14.7 Å². The second-order valence-corrected chi connectivity index (χ2v) is 9.67. The standard InChI is InChI=1S/C29H28Cl2O7.Na/c1-35-13-14-37-26-15-20(30)8-5-19(26)3-2-4-25(32)18-6-9-21(10-7-18)38-28-17-27-23(16-24(28)31)22(29(33)34)11-12-36-27;/h5-10,15-17,22H,2-4,11-14H2,1H3,(H,33,34);/q;+1/p-1. The number of fused-ring (bicyclic) bond motifs is 1. The van der Waals surface area contributed by atoms with E-state index >= 15 is 0 Å². The number of carboxylic acids is 1. The van der Waals surface area contributed by atoms with Gasteiger partial charge in [-0.05, 0) is 67.3 Å². The van der Waals surface area contributed by atoms with Gasteiger partial charge in [0.15, 0.2) is 5.78 Å². The summed E-state index contributed by atoms with van der Waals surface area (Å²) in [6, 6.07) is 15.4. The van der Waals surface area contributed by atoms with Gasteiger partial charge in [0.05, 0.1) is 18.2 Å². The van der Waals surface area contributed by atoms with Gasteiger partial charge in [0.25, 0.3) is 0 Å². The molecule has 4 rings (SSSR count). The van der Waals surface area contributed by atoms with E-state index in [2.05, 4.69) is 0 Å². The number of carbonyl (C=O) groups excluding carboxylic acids is 2. The fraction of sp³-hybridized carbons (Fsp3) is 0.310. The fourth-order valence-electron chi connectivity index (χ4n) is 4.24. The van der Waals surface area contributed by atoms with Crippen LogP contribution >= 0.6 is 23.2 Å². The van der Waals surface area contributed by atoms with Crippen molar-refractivity contribution in [3.63, 3.8) is 0 Å². The molecule has 1 aliphatic heterocycles. The molecule has 1 aliphatic rings. The normalized spacial score (nSPS) is 14.0. The van der Waals surface area contributed by atoms with Crippen molar-refractivity contribution in [2.24, 2.45) is 0 Å². The zero-order valence-electron chi connectivity index (χ0n) is 21.8. The molecule has 0 radical (unpaired) electrons. The third-order valence-corrected chi connectivity index (χ3v) is 6.75. The smallest absolute Gasteiger partial charge is 0.549 e. The first-order chi connectivity index (χ1) is 18.4. The number of benzene rings is 3. The van der Waals surface area contributed by atoms with Crippen molar-refractivity contribution in [2.45, 2.75) is 31.6 Å². The van der Waals surface area contributed by atoms with Gasteiger partial charge in [-0.3, -0.25) is 4.79 Å². The molecule has 0 N–H and O–H groups in total. The summed E-state index contributed by atoms with van der Waals surface area (Å²) >= 11 is 12.5. The molecule has 0 aliphatic carbocycles. The Labute approximate surface area is 259 Å². The van der Waals surface area contributed by atoms with E-state index in [-0.39, 0.29) is 47.0 Å². The van der Waals surface area contributed by atoms with E-state index in [0.717, 1.165) is 5.56 Å². The summed E-state index contributed by atoms with van der Waals surface area (Å²) < 4.78 is 22.3. The number of aryl methyl sites for hydroxylation is 1. The largest absolute Gasteiger partial charge is 1.00 e. The zero-order valence-corrected chi connectivity index (χ0v) is 25.3. The van der Waals surface area contributed by atoms with Crippen LogP contribution in [0.3, 0.4) is 0 Å². The number of rotatable bonds is 12. The van der Waals surface area contributed by atoms with Crippen molar-refractivity contribution < 1.29 is 63.2 Å². The monoisotopic (exact) mass is 580 g/mol. The minimum atomic E-state index is -1.16. The molecule has 0 amide bonds. The van der Waals surface area contributed by atoms with Gasteiger partial charge in [0, 0.05) is 47.6 Å². The van der Waals surface area contributed by atoms with Gasteiger partial charge in [-0.25, -0.2) is 0 Å². The van der Waals surface area contributed by atoms with Crippen LogP contribution in [-0.2, 0) is 16.0 Å². The Morgan fingerprint density at radius 3 is 2.51 bits per heavy atom. The molecule has 0 saturated carbocycles. The molecule has 1 atom stereocenters. The molecule has 0 bridgehead atoms. The van der Waals surface area contributed by atoms with Crippen molar-refractivity contribution in [1.82, 2.24) is 0 Å². The maximum atomic E-state index is 12.8. The number of hydrogen-bond acceptors (Lipinski definition) is 7. The van der Waals surface area contributed by atoms with Crippen molar-refractivity contribution in [1.29, 1.82) is 0 Å². The van der Waals surface area contributed by atoms with Gasteiger partial charge in [-0.2, -0.15) is 0 Å². The summed E-state index contributed by atoms with van der Waals surface area (Å²) in [5, 5.41) is 12.3.